The van der Waals surface area contributed by atoms with Crippen LogP contribution in [0.25, 0.3) is 0 Å². The number of aliphatic hydroxyl groups is 7. The smallest absolute Gasteiger partial charge is 0.306 e. The Balaban J connectivity index is 1.80. The van der Waals surface area contributed by atoms with E-state index in [-0.39, 0.29) is 19.4 Å². The number of rotatable bonds is 42. The number of allylic oxidation sites excluding steroid dienone is 4. The van der Waals surface area contributed by atoms with Crippen LogP contribution < -0.4 is 0 Å². The summed E-state index contributed by atoms with van der Waals surface area (Å²) in [6.45, 7) is 2.57. The van der Waals surface area contributed by atoms with Gasteiger partial charge in [0.15, 0.2) is 18.7 Å². The maximum atomic E-state index is 13.0. The van der Waals surface area contributed by atoms with E-state index in [2.05, 4.69) is 38.2 Å². The molecular formula is C53H96O15. The number of carbonyl (C=O) groups excluding carboxylic acids is 2. The van der Waals surface area contributed by atoms with Crippen LogP contribution in [0.2, 0.25) is 0 Å². The van der Waals surface area contributed by atoms with Gasteiger partial charge in [0.25, 0.3) is 0 Å². The van der Waals surface area contributed by atoms with Gasteiger partial charge in [0, 0.05) is 12.8 Å². The van der Waals surface area contributed by atoms with Crippen LogP contribution in [-0.4, -0.2) is 142 Å². The van der Waals surface area contributed by atoms with Crippen LogP contribution in [0.5, 0.6) is 0 Å². The van der Waals surface area contributed by atoms with E-state index in [0.29, 0.717) is 12.8 Å². The van der Waals surface area contributed by atoms with Gasteiger partial charge in [0.05, 0.1) is 19.8 Å². The van der Waals surface area contributed by atoms with Gasteiger partial charge in [-0.1, -0.05) is 173 Å². The second kappa shape index (κ2) is 40.6. The summed E-state index contributed by atoms with van der Waals surface area (Å²) in [4.78, 5) is 25.8. The zero-order valence-corrected chi connectivity index (χ0v) is 42.1. The third kappa shape index (κ3) is 28.1. The van der Waals surface area contributed by atoms with E-state index in [1.165, 1.54) is 122 Å². The fourth-order valence-electron chi connectivity index (χ4n) is 8.48. The fraction of sp³-hybridized carbons (Fsp3) is 0.887. The molecule has 2 saturated heterocycles. The van der Waals surface area contributed by atoms with Crippen molar-refractivity contribution in [1.29, 1.82) is 0 Å². The van der Waals surface area contributed by atoms with Crippen molar-refractivity contribution >= 4 is 11.9 Å². The Morgan fingerprint density at radius 3 is 1.40 bits per heavy atom. The minimum absolute atomic E-state index is 0.126. The molecule has 7 N–H and O–H groups in total. The third-order valence-electron chi connectivity index (χ3n) is 12.9. The van der Waals surface area contributed by atoms with Crippen LogP contribution in [0.15, 0.2) is 24.3 Å². The quantitative estimate of drug-likeness (QED) is 0.0175. The Bertz CT molecular complexity index is 1280. The SMILES string of the molecule is CCCCCCCC/C=C/C/C=C/CCCCC(=O)O[C@@H](COC(=O)CCCCCCCCCCCCCCCCCCC)CO[C@@H]1O[C@H](CO[C@@H]2O[C@H](CO)[C@H](O)C(O)C2O)[C@H](O)C(O)C1O. The first-order valence-corrected chi connectivity index (χ1v) is 26.9. The lowest BCUT2D eigenvalue weighted by molar-refractivity contribution is -0.332. The molecule has 0 aromatic heterocycles. The number of unbranched alkanes of at least 4 members (excludes halogenated alkanes) is 24. The molecule has 11 atom stereocenters. The first kappa shape index (κ1) is 62.1. The van der Waals surface area contributed by atoms with Crippen molar-refractivity contribution in [2.45, 2.75) is 274 Å². The Hall–Kier alpha value is -2.02. The van der Waals surface area contributed by atoms with Crippen LogP contribution in [0.1, 0.15) is 206 Å². The summed E-state index contributed by atoms with van der Waals surface area (Å²) in [5, 5.41) is 72.1. The molecule has 4 unspecified atom stereocenters. The molecule has 2 aliphatic rings. The molecule has 0 aromatic rings. The van der Waals surface area contributed by atoms with E-state index in [4.69, 9.17) is 28.4 Å². The lowest BCUT2D eigenvalue weighted by atomic mass is 9.98. The Labute approximate surface area is 409 Å². The van der Waals surface area contributed by atoms with Crippen LogP contribution in [0.3, 0.4) is 0 Å². The van der Waals surface area contributed by atoms with Gasteiger partial charge in [-0.3, -0.25) is 9.59 Å². The Morgan fingerprint density at radius 2 is 0.882 bits per heavy atom. The van der Waals surface area contributed by atoms with Gasteiger partial charge in [-0.05, 0) is 44.9 Å². The van der Waals surface area contributed by atoms with Gasteiger partial charge in [-0.15, -0.1) is 0 Å². The van der Waals surface area contributed by atoms with Crippen LogP contribution >= 0.6 is 0 Å². The van der Waals surface area contributed by atoms with Gasteiger partial charge in [-0.2, -0.15) is 0 Å². The third-order valence-corrected chi connectivity index (χ3v) is 12.9. The number of hydrogen-bond acceptors (Lipinski definition) is 15. The van der Waals surface area contributed by atoms with E-state index in [1.54, 1.807) is 0 Å². The molecule has 398 valence electrons. The molecule has 2 aliphatic heterocycles. The molecule has 68 heavy (non-hydrogen) atoms. The highest BCUT2D eigenvalue weighted by atomic mass is 16.7. The van der Waals surface area contributed by atoms with Crippen molar-refractivity contribution in [2.75, 3.05) is 26.4 Å². The summed E-state index contributed by atoms with van der Waals surface area (Å²) < 4.78 is 33.6. The lowest BCUT2D eigenvalue weighted by Crippen LogP contribution is -2.61. The standard InChI is InChI=1S/C53H96O15/c1-3-5-7-9-11-13-15-17-19-20-22-23-25-27-29-31-33-35-44(55)63-38-41(66-45(56)36-34-32-30-28-26-24-21-18-16-14-12-10-8-6-4-2)39-64-52-51(62)49(60)47(58)43(68-52)40-65-53-50(61)48(59)46(57)42(37-54)67-53/h18,21,26,28,41-43,46-54,57-62H,3-17,19-20,22-25,27,29-40H2,1-2H3/b21-18+,28-26+/t41-,42+,43+,46-,47-,48?,49?,50?,51?,52+,53+/m0/s1. The summed E-state index contributed by atoms with van der Waals surface area (Å²) >= 11 is 0. The summed E-state index contributed by atoms with van der Waals surface area (Å²) in [7, 11) is 0. The number of carbonyl (C=O) groups is 2. The largest absolute Gasteiger partial charge is 0.462 e. The summed E-state index contributed by atoms with van der Waals surface area (Å²) in [6.07, 6.45) is 24.9. The van der Waals surface area contributed by atoms with Crippen molar-refractivity contribution in [3.8, 4) is 0 Å². The van der Waals surface area contributed by atoms with Crippen molar-refractivity contribution in [1.82, 2.24) is 0 Å². The Kier molecular flexibility index (Phi) is 37.0. The molecule has 0 aromatic carbocycles. The van der Waals surface area contributed by atoms with E-state index < -0.39 is 99.3 Å². The highest BCUT2D eigenvalue weighted by molar-refractivity contribution is 5.70. The zero-order chi connectivity index (χ0) is 49.6. The van der Waals surface area contributed by atoms with Crippen molar-refractivity contribution in [2.24, 2.45) is 0 Å². The zero-order valence-electron chi connectivity index (χ0n) is 42.1. The molecule has 15 heteroatoms. The predicted molar refractivity (Wildman–Crippen MR) is 261 cm³/mol. The summed E-state index contributed by atoms with van der Waals surface area (Å²) in [5.74, 6) is -0.954. The van der Waals surface area contributed by atoms with E-state index >= 15 is 0 Å². The summed E-state index contributed by atoms with van der Waals surface area (Å²) in [5.41, 5.74) is 0. The minimum Gasteiger partial charge on any atom is -0.462 e. The molecule has 0 spiro atoms. The first-order valence-electron chi connectivity index (χ1n) is 26.9. The predicted octanol–water partition coefficient (Wildman–Crippen LogP) is 7.94. The fourth-order valence-corrected chi connectivity index (χ4v) is 8.48. The Morgan fingerprint density at radius 1 is 0.471 bits per heavy atom. The van der Waals surface area contributed by atoms with Gasteiger partial charge >= 0.3 is 11.9 Å². The van der Waals surface area contributed by atoms with Gasteiger partial charge in [-0.25, -0.2) is 0 Å². The van der Waals surface area contributed by atoms with Crippen molar-refractivity contribution in [3.05, 3.63) is 24.3 Å². The maximum absolute atomic E-state index is 13.0. The highest BCUT2D eigenvalue weighted by Gasteiger charge is 2.47. The molecular weight excluding hydrogens is 877 g/mol. The lowest BCUT2D eigenvalue weighted by Gasteiger charge is -2.42. The van der Waals surface area contributed by atoms with Crippen LogP contribution in [0, 0.1) is 0 Å². The van der Waals surface area contributed by atoms with E-state index in [1.807, 2.05) is 0 Å². The second-order valence-corrected chi connectivity index (χ2v) is 19.1. The van der Waals surface area contributed by atoms with Gasteiger partial charge in [0.1, 0.15) is 55.4 Å². The topological polar surface area (TPSA) is 231 Å². The minimum atomic E-state index is -1.77. The molecule has 2 heterocycles. The average Bonchev–Trinajstić information content (AvgIpc) is 3.33. The summed E-state index contributed by atoms with van der Waals surface area (Å²) in [6, 6.07) is 0. The van der Waals surface area contributed by atoms with Gasteiger partial charge in [0.2, 0.25) is 0 Å². The van der Waals surface area contributed by atoms with Crippen LogP contribution in [-0.2, 0) is 38.0 Å². The van der Waals surface area contributed by atoms with Crippen molar-refractivity contribution in [3.63, 3.8) is 0 Å². The molecule has 0 aliphatic carbocycles. The monoisotopic (exact) mass is 973 g/mol. The van der Waals surface area contributed by atoms with Crippen LogP contribution in [0.4, 0.5) is 0 Å². The molecule has 2 rings (SSSR count). The second-order valence-electron chi connectivity index (χ2n) is 19.1. The van der Waals surface area contributed by atoms with Gasteiger partial charge < -0.3 is 64.2 Å². The normalized spacial score (nSPS) is 25.9. The van der Waals surface area contributed by atoms with E-state index in [9.17, 15) is 45.3 Å². The number of ether oxygens (including phenoxy) is 6. The molecule has 2 fully saturated rings. The number of hydrogen-bond donors (Lipinski definition) is 7. The number of aliphatic hydroxyl groups excluding tert-OH is 7. The maximum Gasteiger partial charge on any atom is 0.306 e. The first-order chi connectivity index (χ1) is 33.0. The van der Waals surface area contributed by atoms with E-state index in [0.717, 1.165) is 44.9 Å². The highest BCUT2D eigenvalue weighted by Crippen LogP contribution is 2.26. The molecule has 0 bridgehead atoms. The molecule has 15 nitrogen and oxygen atoms in total. The number of esters is 2. The average molecular weight is 973 g/mol. The molecule has 0 saturated carbocycles. The van der Waals surface area contributed by atoms with Crippen molar-refractivity contribution < 1.29 is 73.8 Å². The molecule has 0 amide bonds. The molecule has 0 radical (unpaired) electrons.